The molecule has 36 heavy (non-hydrogen) atoms. The SMILES string of the molecule is CC(C)(C)OC(=O)/C=C/c1cc(CCOCCO[Si](C)(C)C(C)(C)C)cc(NC(=O)OC(C)(C)C)c1. The molecule has 1 rings (SSSR count). The molecular weight excluding hydrogens is 474 g/mol. The second-order valence-electron chi connectivity index (χ2n) is 12.4. The third-order valence-electron chi connectivity index (χ3n) is 5.51. The van der Waals surface area contributed by atoms with Crippen LogP contribution < -0.4 is 5.32 Å². The Morgan fingerprint density at radius 2 is 1.47 bits per heavy atom. The smallest absolute Gasteiger partial charge is 0.412 e. The van der Waals surface area contributed by atoms with E-state index in [1.807, 2.05) is 53.7 Å². The minimum absolute atomic E-state index is 0.164. The molecule has 7 nitrogen and oxygen atoms in total. The van der Waals surface area contributed by atoms with Gasteiger partial charge in [-0.1, -0.05) is 26.8 Å². The largest absolute Gasteiger partial charge is 0.457 e. The molecule has 0 heterocycles. The van der Waals surface area contributed by atoms with Crippen molar-refractivity contribution in [2.45, 2.75) is 98.1 Å². The minimum atomic E-state index is -1.79. The van der Waals surface area contributed by atoms with E-state index in [1.165, 1.54) is 6.08 Å². The molecule has 0 unspecified atom stereocenters. The number of anilines is 1. The van der Waals surface area contributed by atoms with E-state index in [2.05, 4.69) is 39.2 Å². The van der Waals surface area contributed by atoms with E-state index < -0.39 is 31.6 Å². The number of carbonyl (C=O) groups excluding carboxylic acids is 2. The Labute approximate surface area is 219 Å². The number of benzene rings is 1. The van der Waals surface area contributed by atoms with Crippen molar-refractivity contribution in [3.05, 3.63) is 35.4 Å². The van der Waals surface area contributed by atoms with Gasteiger partial charge in [0.15, 0.2) is 8.32 Å². The van der Waals surface area contributed by atoms with Crippen LogP contribution in [0.4, 0.5) is 10.5 Å². The quantitative estimate of drug-likeness (QED) is 0.155. The van der Waals surface area contributed by atoms with Crippen molar-refractivity contribution < 1.29 is 28.2 Å². The zero-order valence-corrected chi connectivity index (χ0v) is 25.2. The van der Waals surface area contributed by atoms with Gasteiger partial charge in [-0.3, -0.25) is 5.32 Å². The highest BCUT2D eigenvalue weighted by Gasteiger charge is 2.36. The van der Waals surface area contributed by atoms with Crippen LogP contribution in [0.3, 0.4) is 0 Å². The Bertz CT molecular complexity index is 904. The van der Waals surface area contributed by atoms with Crippen LogP contribution in [-0.4, -0.2) is 51.4 Å². The average molecular weight is 522 g/mol. The van der Waals surface area contributed by atoms with Crippen LogP contribution >= 0.6 is 0 Å². The van der Waals surface area contributed by atoms with Crippen LogP contribution in [0, 0.1) is 0 Å². The van der Waals surface area contributed by atoms with E-state index in [1.54, 1.807) is 12.1 Å². The Morgan fingerprint density at radius 3 is 2.03 bits per heavy atom. The maximum Gasteiger partial charge on any atom is 0.412 e. The van der Waals surface area contributed by atoms with Crippen LogP contribution in [0.15, 0.2) is 24.3 Å². The summed E-state index contributed by atoms with van der Waals surface area (Å²) in [5.74, 6) is -0.431. The van der Waals surface area contributed by atoms with Gasteiger partial charge in [0.05, 0.1) is 19.8 Å². The van der Waals surface area contributed by atoms with E-state index in [0.717, 1.165) is 11.1 Å². The monoisotopic (exact) mass is 521 g/mol. The molecule has 0 aliphatic carbocycles. The van der Waals surface area contributed by atoms with Crippen LogP contribution in [0.1, 0.15) is 73.4 Å². The molecule has 0 atom stereocenters. The van der Waals surface area contributed by atoms with Gasteiger partial charge in [0.2, 0.25) is 0 Å². The molecular formula is C28H47NO6Si. The van der Waals surface area contributed by atoms with Gasteiger partial charge in [-0.15, -0.1) is 0 Å². The lowest BCUT2D eigenvalue weighted by Crippen LogP contribution is -2.41. The highest BCUT2D eigenvalue weighted by Crippen LogP contribution is 2.36. The number of hydrogen-bond donors (Lipinski definition) is 1. The van der Waals surface area contributed by atoms with E-state index in [9.17, 15) is 9.59 Å². The molecule has 0 aliphatic rings. The highest BCUT2D eigenvalue weighted by molar-refractivity contribution is 6.74. The van der Waals surface area contributed by atoms with E-state index in [-0.39, 0.29) is 5.04 Å². The van der Waals surface area contributed by atoms with Gasteiger partial charge >= 0.3 is 12.1 Å². The topological polar surface area (TPSA) is 83.1 Å². The molecule has 0 saturated carbocycles. The summed E-state index contributed by atoms with van der Waals surface area (Å²) in [5, 5.41) is 2.94. The first kappa shape index (κ1) is 31.9. The van der Waals surface area contributed by atoms with Crippen molar-refractivity contribution in [3.8, 4) is 0 Å². The summed E-state index contributed by atoms with van der Waals surface area (Å²) >= 11 is 0. The summed E-state index contributed by atoms with van der Waals surface area (Å²) in [6, 6.07) is 5.61. The Balaban J connectivity index is 2.85. The zero-order chi connectivity index (χ0) is 27.8. The Hall–Kier alpha value is -2.16. The Kier molecular flexibility index (Phi) is 11.4. The number of esters is 1. The van der Waals surface area contributed by atoms with Crippen molar-refractivity contribution in [1.29, 1.82) is 0 Å². The summed E-state index contributed by atoms with van der Waals surface area (Å²) in [7, 11) is -1.79. The van der Waals surface area contributed by atoms with E-state index >= 15 is 0 Å². The number of hydrogen-bond acceptors (Lipinski definition) is 6. The molecule has 0 radical (unpaired) electrons. The molecule has 1 aromatic rings. The Morgan fingerprint density at radius 1 is 0.861 bits per heavy atom. The van der Waals surface area contributed by atoms with Crippen LogP contribution in [0.2, 0.25) is 18.1 Å². The molecule has 1 aromatic carbocycles. The molecule has 0 saturated heterocycles. The normalized spacial score (nSPS) is 13.1. The fourth-order valence-electron chi connectivity index (χ4n) is 2.82. The van der Waals surface area contributed by atoms with Crippen molar-refractivity contribution >= 4 is 32.1 Å². The lowest BCUT2D eigenvalue weighted by atomic mass is 10.1. The second-order valence-corrected chi connectivity index (χ2v) is 17.2. The van der Waals surface area contributed by atoms with Gasteiger partial charge in [0, 0.05) is 11.8 Å². The number of amides is 1. The maximum atomic E-state index is 12.3. The lowest BCUT2D eigenvalue weighted by molar-refractivity contribution is -0.148. The van der Waals surface area contributed by atoms with Gasteiger partial charge in [-0.2, -0.15) is 0 Å². The summed E-state index contributed by atoms with van der Waals surface area (Å²) in [4.78, 5) is 24.4. The molecule has 0 fully saturated rings. The second kappa shape index (κ2) is 12.9. The molecule has 0 aliphatic heterocycles. The molecule has 8 heteroatoms. The average Bonchev–Trinajstić information content (AvgIpc) is 2.65. The number of nitrogens with one attached hydrogen (secondary N) is 1. The maximum absolute atomic E-state index is 12.3. The molecule has 1 N–H and O–H groups in total. The van der Waals surface area contributed by atoms with Gasteiger partial charge in [0.1, 0.15) is 11.2 Å². The third kappa shape index (κ3) is 13.2. The van der Waals surface area contributed by atoms with Gasteiger partial charge in [-0.05, 0) is 95.4 Å². The van der Waals surface area contributed by atoms with Gasteiger partial charge < -0.3 is 18.6 Å². The molecule has 0 bridgehead atoms. The molecule has 204 valence electrons. The molecule has 0 spiro atoms. The fourth-order valence-corrected chi connectivity index (χ4v) is 3.84. The van der Waals surface area contributed by atoms with Crippen molar-refractivity contribution in [2.75, 3.05) is 25.1 Å². The first-order valence-electron chi connectivity index (χ1n) is 12.5. The van der Waals surface area contributed by atoms with E-state index in [4.69, 9.17) is 18.6 Å². The summed E-state index contributed by atoms with van der Waals surface area (Å²) < 4.78 is 22.7. The number of ether oxygens (including phenoxy) is 3. The van der Waals surface area contributed by atoms with Crippen molar-refractivity contribution in [1.82, 2.24) is 0 Å². The molecule has 1 amide bonds. The predicted molar refractivity (Wildman–Crippen MR) is 149 cm³/mol. The standard InChI is InChI=1S/C28H47NO6Si/c1-26(2,3)34-24(30)13-12-21-18-22(20-23(19-21)29-25(31)35-27(4,5)6)14-15-32-16-17-33-36(10,11)28(7,8)9/h12-13,18-20H,14-17H2,1-11H3,(H,29,31)/b13-12+. The fraction of sp³-hybridized carbons (Fsp3) is 0.643. The van der Waals surface area contributed by atoms with E-state index in [0.29, 0.717) is 31.9 Å². The van der Waals surface area contributed by atoms with Gasteiger partial charge in [0.25, 0.3) is 0 Å². The van der Waals surface area contributed by atoms with Crippen LogP contribution in [-0.2, 0) is 29.9 Å². The van der Waals surface area contributed by atoms with Crippen LogP contribution in [0.25, 0.3) is 6.08 Å². The molecule has 0 aromatic heterocycles. The zero-order valence-electron chi connectivity index (χ0n) is 24.2. The number of carbonyl (C=O) groups is 2. The third-order valence-corrected chi connectivity index (χ3v) is 10.0. The lowest BCUT2D eigenvalue weighted by Gasteiger charge is -2.36. The first-order chi connectivity index (χ1) is 16.3. The highest BCUT2D eigenvalue weighted by atomic mass is 28.4. The summed E-state index contributed by atoms with van der Waals surface area (Å²) in [5.41, 5.74) is 1.11. The van der Waals surface area contributed by atoms with Crippen LogP contribution in [0.5, 0.6) is 0 Å². The predicted octanol–water partition coefficient (Wildman–Crippen LogP) is 6.97. The summed E-state index contributed by atoms with van der Waals surface area (Å²) in [6.45, 7) is 23.6. The van der Waals surface area contributed by atoms with Crippen molar-refractivity contribution in [2.24, 2.45) is 0 Å². The van der Waals surface area contributed by atoms with Gasteiger partial charge in [-0.25, -0.2) is 9.59 Å². The first-order valence-corrected chi connectivity index (χ1v) is 15.4. The van der Waals surface area contributed by atoms with Crippen molar-refractivity contribution in [3.63, 3.8) is 0 Å². The summed E-state index contributed by atoms with van der Waals surface area (Å²) in [6.07, 6.45) is 3.15. The number of rotatable bonds is 10. The minimum Gasteiger partial charge on any atom is -0.457 e.